The number of benzene rings is 2. The number of rotatable bonds is 5. The Morgan fingerprint density at radius 3 is 2.11 bits per heavy atom. The molecule has 4 nitrogen and oxygen atoms in total. The fourth-order valence-electron chi connectivity index (χ4n) is 1.72. The minimum atomic E-state index is -3.39. The van der Waals surface area contributed by atoms with E-state index in [0.29, 0.717) is 12.2 Å². The molecule has 2 aromatic rings. The largest absolute Gasteiger partial charge is 0.326 e. The van der Waals surface area contributed by atoms with Crippen LogP contribution in [0.25, 0.3) is 0 Å². The molecule has 5 heteroatoms. The molecule has 0 radical (unpaired) electrons. The van der Waals surface area contributed by atoms with Gasteiger partial charge in [0.15, 0.2) is 0 Å². The van der Waals surface area contributed by atoms with Gasteiger partial charge in [0.1, 0.15) is 0 Å². The lowest BCUT2D eigenvalue weighted by Crippen LogP contribution is -2.15. The third kappa shape index (κ3) is 4.08. The number of sulfonamides is 1. The highest BCUT2D eigenvalue weighted by atomic mass is 32.2. The first kappa shape index (κ1) is 13.6. The summed E-state index contributed by atoms with van der Waals surface area (Å²) in [6.45, 7) is 0.442. The SMILES string of the molecule is NCc1ccc(NS(=O)(=O)Cc2ccccc2)cc1. The molecule has 0 spiro atoms. The van der Waals surface area contributed by atoms with Crippen molar-refractivity contribution in [1.82, 2.24) is 0 Å². The molecule has 0 saturated carbocycles. The Morgan fingerprint density at radius 2 is 1.53 bits per heavy atom. The summed E-state index contributed by atoms with van der Waals surface area (Å²) in [5.41, 5.74) is 7.76. The van der Waals surface area contributed by atoms with Gasteiger partial charge in [0.05, 0.1) is 5.75 Å². The molecular weight excluding hydrogens is 260 g/mol. The molecule has 100 valence electrons. The molecule has 2 aromatic carbocycles. The van der Waals surface area contributed by atoms with Crippen LogP contribution in [0.1, 0.15) is 11.1 Å². The minimum Gasteiger partial charge on any atom is -0.326 e. The maximum atomic E-state index is 12.0. The van der Waals surface area contributed by atoms with Crippen LogP contribution in [-0.4, -0.2) is 8.42 Å². The van der Waals surface area contributed by atoms with E-state index in [-0.39, 0.29) is 5.75 Å². The van der Waals surface area contributed by atoms with E-state index in [4.69, 9.17) is 5.73 Å². The summed E-state index contributed by atoms with van der Waals surface area (Å²) < 4.78 is 26.5. The Labute approximate surface area is 113 Å². The molecule has 19 heavy (non-hydrogen) atoms. The molecule has 0 atom stereocenters. The summed E-state index contributed by atoms with van der Waals surface area (Å²) in [6, 6.07) is 16.1. The van der Waals surface area contributed by atoms with Crippen LogP contribution in [0.3, 0.4) is 0 Å². The molecule has 0 aliphatic heterocycles. The second-order valence-electron chi connectivity index (χ2n) is 4.25. The van der Waals surface area contributed by atoms with Crippen LogP contribution in [0.15, 0.2) is 54.6 Å². The first-order valence-corrected chi connectivity index (χ1v) is 7.58. The fourth-order valence-corrected chi connectivity index (χ4v) is 2.92. The second-order valence-corrected chi connectivity index (χ2v) is 5.97. The van der Waals surface area contributed by atoms with Gasteiger partial charge in [0.2, 0.25) is 10.0 Å². The van der Waals surface area contributed by atoms with Gasteiger partial charge in [-0.2, -0.15) is 0 Å². The summed E-state index contributed by atoms with van der Waals surface area (Å²) in [5, 5.41) is 0. The molecule has 0 unspecified atom stereocenters. The number of nitrogens with two attached hydrogens (primary N) is 1. The highest BCUT2D eigenvalue weighted by Crippen LogP contribution is 2.13. The maximum Gasteiger partial charge on any atom is 0.236 e. The number of hydrogen-bond acceptors (Lipinski definition) is 3. The first-order valence-electron chi connectivity index (χ1n) is 5.92. The lowest BCUT2D eigenvalue weighted by atomic mass is 10.2. The van der Waals surface area contributed by atoms with Gasteiger partial charge < -0.3 is 5.73 Å². The Kier molecular flexibility index (Phi) is 4.19. The second kappa shape index (κ2) is 5.86. The molecule has 3 N–H and O–H groups in total. The average molecular weight is 276 g/mol. The van der Waals surface area contributed by atoms with Crippen LogP contribution in [0.2, 0.25) is 0 Å². The Bertz CT molecular complexity index is 622. The zero-order chi connectivity index (χ0) is 13.7. The van der Waals surface area contributed by atoms with Crippen molar-refractivity contribution in [3.8, 4) is 0 Å². The molecule has 0 aromatic heterocycles. The van der Waals surface area contributed by atoms with Crippen molar-refractivity contribution < 1.29 is 8.42 Å². The lowest BCUT2D eigenvalue weighted by molar-refractivity contribution is 0.600. The van der Waals surface area contributed by atoms with Crippen LogP contribution in [0, 0.1) is 0 Å². The zero-order valence-electron chi connectivity index (χ0n) is 10.4. The van der Waals surface area contributed by atoms with Crippen LogP contribution in [-0.2, 0) is 22.3 Å². The summed E-state index contributed by atoms with van der Waals surface area (Å²) in [4.78, 5) is 0. The van der Waals surface area contributed by atoms with E-state index in [1.807, 2.05) is 18.2 Å². The molecule has 0 amide bonds. The normalized spacial score (nSPS) is 11.2. The van der Waals surface area contributed by atoms with Crippen molar-refractivity contribution in [3.63, 3.8) is 0 Å². The van der Waals surface area contributed by atoms with E-state index in [0.717, 1.165) is 11.1 Å². The topological polar surface area (TPSA) is 72.2 Å². The Hall–Kier alpha value is -1.85. The molecule has 0 heterocycles. The van der Waals surface area contributed by atoms with Gasteiger partial charge in [-0.15, -0.1) is 0 Å². The highest BCUT2D eigenvalue weighted by molar-refractivity contribution is 7.91. The number of anilines is 1. The van der Waals surface area contributed by atoms with Crippen molar-refractivity contribution in [3.05, 3.63) is 65.7 Å². The third-order valence-corrected chi connectivity index (χ3v) is 3.92. The van der Waals surface area contributed by atoms with Crippen molar-refractivity contribution >= 4 is 15.7 Å². The monoisotopic (exact) mass is 276 g/mol. The van der Waals surface area contributed by atoms with Gasteiger partial charge >= 0.3 is 0 Å². The fraction of sp³-hybridized carbons (Fsp3) is 0.143. The van der Waals surface area contributed by atoms with Gasteiger partial charge in [-0.25, -0.2) is 8.42 Å². The number of nitrogens with one attached hydrogen (secondary N) is 1. The van der Waals surface area contributed by atoms with Gasteiger partial charge in [0.25, 0.3) is 0 Å². The van der Waals surface area contributed by atoms with E-state index in [9.17, 15) is 8.42 Å². The zero-order valence-corrected chi connectivity index (χ0v) is 11.2. The van der Waals surface area contributed by atoms with E-state index in [2.05, 4.69) is 4.72 Å². The summed E-state index contributed by atoms with van der Waals surface area (Å²) >= 11 is 0. The smallest absolute Gasteiger partial charge is 0.236 e. The predicted molar refractivity (Wildman–Crippen MR) is 77.0 cm³/mol. The summed E-state index contributed by atoms with van der Waals surface area (Å²) in [6.07, 6.45) is 0. The van der Waals surface area contributed by atoms with Crippen LogP contribution in [0.4, 0.5) is 5.69 Å². The van der Waals surface area contributed by atoms with Crippen molar-refractivity contribution in [2.75, 3.05) is 4.72 Å². The van der Waals surface area contributed by atoms with Crippen LogP contribution < -0.4 is 10.5 Å². The maximum absolute atomic E-state index is 12.0. The first-order chi connectivity index (χ1) is 9.09. The van der Waals surface area contributed by atoms with Crippen molar-refractivity contribution in [1.29, 1.82) is 0 Å². The highest BCUT2D eigenvalue weighted by Gasteiger charge is 2.11. The lowest BCUT2D eigenvalue weighted by Gasteiger charge is -2.08. The average Bonchev–Trinajstić information content (AvgIpc) is 2.39. The van der Waals surface area contributed by atoms with Crippen LogP contribution >= 0.6 is 0 Å². The summed E-state index contributed by atoms with van der Waals surface area (Å²) in [7, 11) is -3.39. The Balaban J connectivity index is 2.08. The molecule has 0 aliphatic carbocycles. The van der Waals surface area contributed by atoms with E-state index in [1.165, 1.54) is 0 Å². The molecule has 0 aliphatic rings. The van der Waals surface area contributed by atoms with Crippen LogP contribution in [0.5, 0.6) is 0 Å². The number of hydrogen-bond donors (Lipinski definition) is 2. The molecular formula is C14H16N2O2S. The van der Waals surface area contributed by atoms with Gasteiger partial charge in [-0.1, -0.05) is 42.5 Å². The van der Waals surface area contributed by atoms with E-state index in [1.54, 1.807) is 36.4 Å². The standard InChI is InChI=1S/C14H16N2O2S/c15-10-12-6-8-14(9-7-12)16-19(17,18)11-13-4-2-1-3-5-13/h1-9,16H,10-11,15H2. The van der Waals surface area contributed by atoms with Gasteiger partial charge in [0, 0.05) is 12.2 Å². The van der Waals surface area contributed by atoms with E-state index < -0.39 is 10.0 Å². The molecule has 2 rings (SSSR count). The third-order valence-electron chi connectivity index (χ3n) is 2.66. The van der Waals surface area contributed by atoms with Crippen molar-refractivity contribution in [2.45, 2.75) is 12.3 Å². The summed E-state index contributed by atoms with van der Waals surface area (Å²) in [5.74, 6) is -0.0352. The van der Waals surface area contributed by atoms with Crippen molar-refractivity contribution in [2.24, 2.45) is 5.73 Å². The van der Waals surface area contributed by atoms with Gasteiger partial charge in [-0.3, -0.25) is 4.72 Å². The molecule has 0 saturated heterocycles. The quantitative estimate of drug-likeness (QED) is 0.878. The van der Waals surface area contributed by atoms with Gasteiger partial charge in [-0.05, 0) is 23.3 Å². The Morgan fingerprint density at radius 1 is 0.895 bits per heavy atom. The minimum absolute atomic E-state index is 0.0352. The van der Waals surface area contributed by atoms with E-state index >= 15 is 0 Å². The molecule has 0 fully saturated rings. The molecule has 0 bridgehead atoms. The predicted octanol–water partition coefficient (Wildman–Crippen LogP) is 2.09.